The van der Waals surface area contributed by atoms with Crippen LogP contribution in [-0.4, -0.2) is 30.5 Å². The lowest BCUT2D eigenvalue weighted by Gasteiger charge is -2.08. The highest BCUT2D eigenvalue weighted by Crippen LogP contribution is 2.18. The Morgan fingerprint density at radius 2 is 2.45 bits per heavy atom. The molecule has 1 saturated heterocycles. The van der Waals surface area contributed by atoms with Crippen LogP contribution in [0.2, 0.25) is 0 Å². The van der Waals surface area contributed by atoms with Gasteiger partial charge in [0.2, 0.25) is 0 Å². The molecule has 1 aliphatic heterocycles. The van der Waals surface area contributed by atoms with Crippen molar-refractivity contribution in [3.63, 3.8) is 0 Å². The maximum atomic E-state index is 12.0. The number of fused-ring (bicyclic) bond motifs is 1. The van der Waals surface area contributed by atoms with E-state index in [1.807, 2.05) is 19.1 Å². The van der Waals surface area contributed by atoms with Crippen molar-refractivity contribution in [3.05, 3.63) is 29.7 Å². The Labute approximate surface area is 117 Å². The molecule has 5 heteroatoms. The van der Waals surface area contributed by atoms with Crippen LogP contribution in [0.4, 0.5) is 0 Å². The quantitative estimate of drug-likeness (QED) is 0.892. The van der Waals surface area contributed by atoms with E-state index in [1.54, 1.807) is 6.07 Å². The van der Waals surface area contributed by atoms with Crippen LogP contribution in [-0.2, 0) is 0 Å². The van der Waals surface area contributed by atoms with E-state index < -0.39 is 0 Å². The molecule has 2 N–H and O–H groups in total. The van der Waals surface area contributed by atoms with Crippen molar-refractivity contribution >= 4 is 17.0 Å². The summed E-state index contributed by atoms with van der Waals surface area (Å²) >= 11 is 0. The molecule has 1 aliphatic rings. The second-order valence-electron chi connectivity index (χ2n) is 5.35. The lowest BCUT2D eigenvalue weighted by atomic mass is 10.1. The van der Waals surface area contributed by atoms with Crippen LogP contribution in [0.15, 0.2) is 22.6 Å². The number of carbonyl (C=O) groups is 1. The van der Waals surface area contributed by atoms with Crippen LogP contribution in [0.25, 0.3) is 11.1 Å². The van der Waals surface area contributed by atoms with E-state index in [0.29, 0.717) is 23.8 Å². The molecule has 3 rings (SSSR count). The topological polar surface area (TPSA) is 67.2 Å². The number of hydrogen-bond donors (Lipinski definition) is 2. The molecule has 2 aromatic rings. The number of nitrogens with zero attached hydrogens (tertiary/aromatic N) is 1. The molecule has 0 radical (unpaired) electrons. The van der Waals surface area contributed by atoms with Gasteiger partial charge in [-0.25, -0.2) is 4.98 Å². The largest absolute Gasteiger partial charge is 0.449 e. The second kappa shape index (κ2) is 5.63. The van der Waals surface area contributed by atoms with Crippen LogP contribution in [0, 0.1) is 12.8 Å². The van der Waals surface area contributed by atoms with Gasteiger partial charge in [0.1, 0.15) is 5.52 Å². The van der Waals surface area contributed by atoms with Gasteiger partial charge >= 0.3 is 0 Å². The Morgan fingerprint density at radius 1 is 1.55 bits per heavy atom. The van der Waals surface area contributed by atoms with E-state index in [2.05, 4.69) is 15.6 Å². The minimum atomic E-state index is -0.161. The second-order valence-corrected chi connectivity index (χ2v) is 5.35. The zero-order chi connectivity index (χ0) is 13.9. The summed E-state index contributed by atoms with van der Waals surface area (Å²) in [5.41, 5.74) is 2.30. The summed E-state index contributed by atoms with van der Waals surface area (Å²) in [6.07, 6.45) is 2.21. The van der Waals surface area contributed by atoms with Crippen molar-refractivity contribution in [2.75, 3.05) is 19.6 Å². The average molecular weight is 273 g/mol. The molecule has 0 bridgehead atoms. The van der Waals surface area contributed by atoms with Gasteiger partial charge in [0.25, 0.3) is 5.91 Å². The van der Waals surface area contributed by atoms with Crippen molar-refractivity contribution in [3.8, 4) is 0 Å². The minimum Gasteiger partial charge on any atom is -0.449 e. The summed E-state index contributed by atoms with van der Waals surface area (Å²) in [4.78, 5) is 16.4. The van der Waals surface area contributed by atoms with E-state index in [1.165, 1.54) is 6.42 Å². The molecule has 1 atom stereocenters. The molecule has 0 spiro atoms. The zero-order valence-corrected chi connectivity index (χ0v) is 11.6. The third-order valence-electron chi connectivity index (χ3n) is 3.74. The first kappa shape index (κ1) is 13.1. The van der Waals surface area contributed by atoms with Crippen molar-refractivity contribution < 1.29 is 9.21 Å². The lowest BCUT2D eigenvalue weighted by Crippen LogP contribution is -2.26. The summed E-state index contributed by atoms with van der Waals surface area (Å²) in [6, 6.07) is 5.42. The predicted molar refractivity (Wildman–Crippen MR) is 76.7 cm³/mol. The molecule has 20 heavy (non-hydrogen) atoms. The van der Waals surface area contributed by atoms with Gasteiger partial charge in [-0.2, -0.15) is 0 Å². The summed E-state index contributed by atoms with van der Waals surface area (Å²) < 4.78 is 5.52. The van der Waals surface area contributed by atoms with E-state index in [9.17, 15) is 4.79 Å². The number of aromatic nitrogens is 1. The number of aryl methyl sites for hydroxylation is 1. The molecule has 5 nitrogen and oxygen atoms in total. The standard InChI is InChI=1S/C15H19N3O2/c1-10-2-3-13-12(18-10)8-14(20-13)15(19)17-7-5-11-4-6-16-9-11/h2-3,8,11,16H,4-7,9H2,1H3,(H,17,19). The van der Waals surface area contributed by atoms with Gasteiger partial charge in [-0.1, -0.05) is 0 Å². The maximum absolute atomic E-state index is 12.0. The third kappa shape index (κ3) is 2.82. The fourth-order valence-electron chi connectivity index (χ4n) is 2.58. The molecule has 3 heterocycles. The Bertz CT molecular complexity index is 615. The van der Waals surface area contributed by atoms with Gasteiger partial charge < -0.3 is 15.1 Å². The van der Waals surface area contributed by atoms with E-state index in [0.717, 1.165) is 30.7 Å². The smallest absolute Gasteiger partial charge is 0.287 e. The van der Waals surface area contributed by atoms with Crippen LogP contribution < -0.4 is 10.6 Å². The predicted octanol–water partition coefficient (Wildman–Crippen LogP) is 1.87. The number of amides is 1. The van der Waals surface area contributed by atoms with Crippen LogP contribution in [0.3, 0.4) is 0 Å². The van der Waals surface area contributed by atoms with Crippen LogP contribution >= 0.6 is 0 Å². The first-order valence-corrected chi connectivity index (χ1v) is 7.08. The molecular weight excluding hydrogens is 254 g/mol. The average Bonchev–Trinajstić information content (AvgIpc) is 3.06. The van der Waals surface area contributed by atoms with Gasteiger partial charge in [-0.3, -0.25) is 4.79 Å². The Kier molecular flexibility index (Phi) is 3.69. The molecular formula is C15H19N3O2. The van der Waals surface area contributed by atoms with Crippen LogP contribution in [0.5, 0.6) is 0 Å². The SMILES string of the molecule is Cc1ccc2oc(C(=O)NCCC3CCNC3)cc2n1. The van der Waals surface area contributed by atoms with Gasteiger partial charge in [-0.05, 0) is 50.9 Å². The molecule has 0 aromatic carbocycles. The van der Waals surface area contributed by atoms with E-state index >= 15 is 0 Å². The third-order valence-corrected chi connectivity index (χ3v) is 3.74. The Balaban J connectivity index is 1.60. The van der Waals surface area contributed by atoms with E-state index in [-0.39, 0.29) is 5.91 Å². The van der Waals surface area contributed by atoms with Gasteiger partial charge in [0.05, 0.1) is 0 Å². The minimum absolute atomic E-state index is 0.161. The molecule has 0 saturated carbocycles. The highest BCUT2D eigenvalue weighted by atomic mass is 16.3. The zero-order valence-electron chi connectivity index (χ0n) is 11.6. The number of hydrogen-bond acceptors (Lipinski definition) is 4. The molecule has 0 aliphatic carbocycles. The summed E-state index contributed by atoms with van der Waals surface area (Å²) in [5.74, 6) is 0.851. The first-order chi connectivity index (χ1) is 9.72. The van der Waals surface area contributed by atoms with Crippen molar-refractivity contribution in [2.45, 2.75) is 19.8 Å². The summed E-state index contributed by atoms with van der Waals surface area (Å²) in [7, 11) is 0. The highest BCUT2D eigenvalue weighted by molar-refractivity contribution is 5.95. The molecule has 2 aromatic heterocycles. The fraction of sp³-hybridized carbons (Fsp3) is 0.467. The summed E-state index contributed by atoms with van der Waals surface area (Å²) in [6.45, 7) is 4.76. The molecule has 1 amide bonds. The van der Waals surface area contributed by atoms with Crippen molar-refractivity contribution in [1.29, 1.82) is 0 Å². The Morgan fingerprint density at radius 3 is 3.25 bits per heavy atom. The Hall–Kier alpha value is -1.88. The maximum Gasteiger partial charge on any atom is 0.287 e. The van der Waals surface area contributed by atoms with Crippen molar-refractivity contribution in [1.82, 2.24) is 15.6 Å². The van der Waals surface area contributed by atoms with Gasteiger partial charge in [0, 0.05) is 18.3 Å². The number of furan rings is 1. The lowest BCUT2D eigenvalue weighted by molar-refractivity contribution is 0.0926. The van der Waals surface area contributed by atoms with Gasteiger partial charge in [0.15, 0.2) is 11.3 Å². The molecule has 106 valence electrons. The van der Waals surface area contributed by atoms with E-state index in [4.69, 9.17) is 4.42 Å². The molecule has 1 unspecified atom stereocenters. The monoisotopic (exact) mass is 273 g/mol. The number of rotatable bonds is 4. The van der Waals surface area contributed by atoms with Gasteiger partial charge in [-0.15, -0.1) is 0 Å². The van der Waals surface area contributed by atoms with Crippen molar-refractivity contribution in [2.24, 2.45) is 5.92 Å². The van der Waals surface area contributed by atoms with Crippen LogP contribution in [0.1, 0.15) is 29.1 Å². The highest BCUT2D eigenvalue weighted by Gasteiger charge is 2.16. The summed E-state index contributed by atoms with van der Waals surface area (Å²) in [5, 5.41) is 6.24. The normalized spacial score (nSPS) is 18.6. The molecule has 1 fully saturated rings. The number of pyridine rings is 1. The fourth-order valence-corrected chi connectivity index (χ4v) is 2.58. The number of carbonyl (C=O) groups excluding carboxylic acids is 1. The first-order valence-electron chi connectivity index (χ1n) is 7.08. The number of nitrogens with one attached hydrogen (secondary N) is 2.